The predicted octanol–water partition coefficient (Wildman–Crippen LogP) is 4.89. The summed E-state index contributed by atoms with van der Waals surface area (Å²) in [5, 5.41) is 14.1. The SMILES string of the molecule is COc1cc(C[P+](c2ccccc2)(c2ccccc2)c2ccccc2)ccc1O. The summed E-state index contributed by atoms with van der Waals surface area (Å²) in [4.78, 5) is 0. The van der Waals surface area contributed by atoms with E-state index in [1.165, 1.54) is 15.9 Å². The molecule has 4 rings (SSSR count). The van der Waals surface area contributed by atoms with Crippen molar-refractivity contribution in [2.24, 2.45) is 0 Å². The molecule has 1 N–H and O–H groups in total. The fourth-order valence-corrected chi connectivity index (χ4v) is 8.09. The molecule has 0 saturated heterocycles. The van der Waals surface area contributed by atoms with Crippen LogP contribution in [-0.2, 0) is 6.16 Å². The summed E-state index contributed by atoms with van der Waals surface area (Å²) in [6, 6.07) is 38.0. The molecule has 0 unspecified atom stereocenters. The zero-order chi connectivity index (χ0) is 20.1. The van der Waals surface area contributed by atoms with Crippen LogP contribution in [0.1, 0.15) is 5.56 Å². The van der Waals surface area contributed by atoms with E-state index in [1.807, 2.05) is 12.1 Å². The first-order chi connectivity index (χ1) is 14.2. The van der Waals surface area contributed by atoms with Gasteiger partial charge in [0.2, 0.25) is 0 Å². The average Bonchev–Trinajstić information content (AvgIpc) is 2.80. The van der Waals surface area contributed by atoms with Crippen LogP contribution in [0, 0.1) is 0 Å². The van der Waals surface area contributed by atoms with Gasteiger partial charge < -0.3 is 9.84 Å². The van der Waals surface area contributed by atoms with Crippen molar-refractivity contribution in [2.45, 2.75) is 6.16 Å². The highest BCUT2D eigenvalue weighted by Gasteiger charge is 2.45. The third-order valence-corrected chi connectivity index (χ3v) is 9.63. The number of methoxy groups -OCH3 is 1. The topological polar surface area (TPSA) is 29.5 Å². The second-order valence-corrected chi connectivity index (χ2v) is 10.5. The maximum Gasteiger partial charge on any atom is 0.160 e. The molecule has 0 aromatic heterocycles. The molecule has 0 amide bonds. The monoisotopic (exact) mass is 399 g/mol. The second kappa shape index (κ2) is 8.51. The highest BCUT2D eigenvalue weighted by Crippen LogP contribution is 2.58. The number of hydrogen-bond donors (Lipinski definition) is 1. The maximum absolute atomic E-state index is 10.1. The molecule has 0 bridgehead atoms. The van der Waals surface area contributed by atoms with E-state index in [0.29, 0.717) is 5.75 Å². The number of benzene rings is 4. The van der Waals surface area contributed by atoms with Gasteiger partial charge in [-0.25, -0.2) is 0 Å². The van der Waals surface area contributed by atoms with Crippen LogP contribution in [0.15, 0.2) is 109 Å². The van der Waals surface area contributed by atoms with Gasteiger partial charge in [0.25, 0.3) is 0 Å². The summed E-state index contributed by atoms with van der Waals surface area (Å²) >= 11 is 0. The van der Waals surface area contributed by atoms with Crippen LogP contribution in [0.2, 0.25) is 0 Å². The third-order valence-electron chi connectivity index (χ3n) is 5.25. The van der Waals surface area contributed by atoms with Gasteiger partial charge in [0.05, 0.1) is 13.3 Å². The Kier molecular flexibility index (Phi) is 5.64. The first-order valence-corrected chi connectivity index (χ1v) is 11.6. The quantitative estimate of drug-likeness (QED) is 0.468. The van der Waals surface area contributed by atoms with Gasteiger partial charge in [-0.15, -0.1) is 0 Å². The molecule has 144 valence electrons. The Balaban J connectivity index is 1.98. The number of ether oxygens (including phenoxy) is 1. The summed E-state index contributed by atoms with van der Waals surface area (Å²) in [6.45, 7) is 0. The van der Waals surface area contributed by atoms with E-state index in [-0.39, 0.29) is 5.75 Å². The van der Waals surface area contributed by atoms with Crippen molar-refractivity contribution < 1.29 is 9.84 Å². The number of hydrogen-bond acceptors (Lipinski definition) is 2. The summed E-state index contributed by atoms with van der Waals surface area (Å²) in [5.74, 6) is 0.675. The van der Waals surface area contributed by atoms with Crippen molar-refractivity contribution in [3.05, 3.63) is 115 Å². The summed E-state index contributed by atoms with van der Waals surface area (Å²) < 4.78 is 5.38. The van der Waals surface area contributed by atoms with E-state index in [2.05, 4.69) is 91.0 Å². The van der Waals surface area contributed by atoms with Gasteiger partial charge >= 0.3 is 0 Å². The highest BCUT2D eigenvalue weighted by molar-refractivity contribution is 7.95. The molecule has 2 nitrogen and oxygen atoms in total. The normalized spacial score (nSPS) is 11.2. The van der Waals surface area contributed by atoms with Crippen LogP contribution in [-0.4, -0.2) is 12.2 Å². The van der Waals surface area contributed by atoms with Crippen LogP contribution >= 0.6 is 7.26 Å². The van der Waals surface area contributed by atoms with E-state index in [4.69, 9.17) is 4.74 Å². The van der Waals surface area contributed by atoms with E-state index >= 15 is 0 Å². The Morgan fingerprint density at radius 1 is 0.655 bits per heavy atom. The van der Waals surface area contributed by atoms with E-state index in [0.717, 1.165) is 11.7 Å². The molecule has 4 aromatic rings. The molecule has 0 spiro atoms. The molecule has 0 aliphatic carbocycles. The molecule has 0 fully saturated rings. The van der Waals surface area contributed by atoms with Gasteiger partial charge in [0, 0.05) is 0 Å². The zero-order valence-corrected chi connectivity index (χ0v) is 17.3. The number of rotatable bonds is 6. The molecule has 0 aliphatic heterocycles. The summed E-state index contributed by atoms with van der Waals surface area (Å²) in [5.41, 5.74) is 1.14. The highest BCUT2D eigenvalue weighted by atomic mass is 31.2. The number of aromatic hydroxyl groups is 1. The summed E-state index contributed by atoms with van der Waals surface area (Å²) in [7, 11) is -0.368. The lowest BCUT2D eigenvalue weighted by Gasteiger charge is -2.28. The van der Waals surface area contributed by atoms with E-state index < -0.39 is 7.26 Å². The molecular formula is C26H24O2P+. The van der Waals surface area contributed by atoms with Crippen LogP contribution in [0.25, 0.3) is 0 Å². The number of phenols is 1. The van der Waals surface area contributed by atoms with E-state index in [1.54, 1.807) is 13.2 Å². The lowest BCUT2D eigenvalue weighted by atomic mass is 10.2. The molecule has 4 aromatic carbocycles. The van der Waals surface area contributed by atoms with Gasteiger partial charge in [-0.3, -0.25) is 0 Å². The zero-order valence-electron chi connectivity index (χ0n) is 16.4. The molecule has 0 saturated carbocycles. The largest absolute Gasteiger partial charge is 0.504 e. The van der Waals surface area contributed by atoms with Crippen molar-refractivity contribution in [2.75, 3.05) is 7.11 Å². The molecule has 0 radical (unpaired) electrons. The van der Waals surface area contributed by atoms with Crippen molar-refractivity contribution in [3.8, 4) is 11.5 Å². The van der Waals surface area contributed by atoms with Crippen molar-refractivity contribution in [1.82, 2.24) is 0 Å². The van der Waals surface area contributed by atoms with Crippen LogP contribution in [0.5, 0.6) is 11.5 Å². The Bertz CT molecular complexity index is 967. The smallest absolute Gasteiger partial charge is 0.160 e. The Morgan fingerprint density at radius 3 is 1.52 bits per heavy atom. The third kappa shape index (κ3) is 3.77. The lowest BCUT2D eigenvalue weighted by molar-refractivity contribution is 0.373. The molecule has 0 aliphatic rings. The Hall–Kier alpha value is -3.09. The van der Waals surface area contributed by atoms with Crippen LogP contribution < -0.4 is 20.7 Å². The fraction of sp³-hybridized carbons (Fsp3) is 0.0769. The standard InChI is InChI=1S/C26H23O2P/c1-28-26-19-21(17-18-25(26)27)20-29(22-11-5-2-6-12-22,23-13-7-3-8-14-23)24-15-9-4-10-16-24/h2-19H,20H2,1H3/p+1. The average molecular weight is 399 g/mol. The molecule has 0 atom stereocenters. The summed E-state index contributed by atoms with van der Waals surface area (Å²) in [6.07, 6.45) is 0.849. The Morgan fingerprint density at radius 2 is 1.10 bits per heavy atom. The molecular weight excluding hydrogens is 375 g/mol. The minimum absolute atomic E-state index is 0.166. The number of phenolic OH excluding ortho intramolecular Hbond substituents is 1. The second-order valence-electron chi connectivity index (χ2n) is 6.98. The van der Waals surface area contributed by atoms with Crippen LogP contribution in [0.4, 0.5) is 0 Å². The predicted molar refractivity (Wildman–Crippen MR) is 124 cm³/mol. The van der Waals surface area contributed by atoms with Crippen molar-refractivity contribution >= 4 is 23.2 Å². The fourth-order valence-electron chi connectivity index (χ4n) is 3.86. The van der Waals surface area contributed by atoms with Gasteiger partial charge in [0.1, 0.15) is 23.2 Å². The van der Waals surface area contributed by atoms with Gasteiger partial charge in [-0.05, 0) is 54.1 Å². The van der Waals surface area contributed by atoms with Gasteiger partial charge in [-0.1, -0.05) is 60.7 Å². The van der Waals surface area contributed by atoms with Gasteiger partial charge in [0.15, 0.2) is 11.5 Å². The van der Waals surface area contributed by atoms with Crippen molar-refractivity contribution in [1.29, 1.82) is 0 Å². The van der Waals surface area contributed by atoms with Crippen molar-refractivity contribution in [3.63, 3.8) is 0 Å². The first-order valence-electron chi connectivity index (χ1n) is 9.65. The first kappa shape index (κ1) is 19.2. The molecule has 3 heteroatoms. The van der Waals surface area contributed by atoms with Crippen LogP contribution in [0.3, 0.4) is 0 Å². The van der Waals surface area contributed by atoms with Gasteiger partial charge in [-0.2, -0.15) is 0 Å². The maximum atomic E-state index is 10.1. The molecule has 29 heavy (non-hydrogen) atoms. The Labute approximate surface area is 172 Å². The van der Waals surface area contributed by atoms with E-state index in [9.17, 15) is 5.11 Å². The minimum Gasteiger partial charge on any atom is -0.504 e. The lowest BCUT2D eigenvalue weighted by Crippen LogP contribution is -2.32. The molecule has 0 heterocycles. The minimum atomic E-state index is -1.96.